The summed E-state index contributed by atoms with van der Waals surface area (Å²) >= 11 is 7.99. The summed E-state index contributed by atoms with van der Waals surface area (Å²) in [4.78, 5) is 24.5. The Bertz CT molecular complexity index is 536. The van der Waals surface area contributed by atoms with Crippen molar-refractivity contribution in [1.82, 2.24) is 4.90 Å². The molecule has 0 aromatic heterocycles. The van der Waals surface area contributed by atoms with E-state index in [1.165, 1.54) is 11.0 Å². The second kappa shape index (κ2) is 5.64. The molecule has 0 bridgehead atoms. The molecule has 19 heavy (non-hydrogen) atoms. The van der Waals surface area contributed by atoms with Crippen LogP contribution in [0, 0.1) is 3.57 Å². The molecule has 102 valence electrons. The molecule has 7 heteroatoms. The first kappa shape index (κ1) is 14.5. The van der Waals surface area contributed by atoms with Gasteiger partial charge in [0.1, 0.15) is 6.04 Å². The van der Waals surface area contributed by atoms with E-state index in [-0.39, 0.29) is 13.0 Å². The van der Waals surface area contributed by atoms with Gasteiger partial charge in [0, 0.05) is 22.1 Å². The second-order valence-electron chi connectivity index (χ2n) is 4.33. The number of amides is 1. The molecule has 0 aliphatic carbocycles. The number of halogens is 2. The summed E-state index contributed by atoms with van der Waals surface area (Å²) in [5.41, 5.74) is 0.325. The molecule has 1 aliphatic rings. The van der Waals surface area contributed by atoms with Crippen LogP contribution in [-0.4, -0.2) is 45.7 Å². The van der Waals surface area contributed by atoms with Crippen molar-refractivity contribution in [3.8, 4) is 0 Å². The highest BCUT2D eigenvalue weighted by molar-refractivity contribution is 14.1. The van der Waals surface area contributed by atoms with Crippen molar-refractivity contribution in [1.29, 1.82) is 0 Å². The molecule has 5 nitrogen and oxygen atoms in total. The van der Waals surface area contributed by atoms with Crippen LogP contribution in [0.2, 0.25) is 5.02 Å². The highest BCUT2D eigenvalue weighted by atomic mass is 127. The average Bonchev–Trinajstić information content (AvgIpc) is 2.74. The van der Waals surface area contributed by atoms with E-state index in [0.717, 1.165) is 3.57 Å². The number of hydrogen-bond acceptors (Lipinski definition) is 3. The van der Waals surface area contributed by atoms with Crippen molar-refractivity contribution in [2.75, 3.05) is 6.54 Å². The molecule has 2 N–H and O–H groups in total. The maximum atomic E-state index is 12.3. The monoisotopic (exact) mass is 395 g/mol. The van der Waals surface area contributed by atoms with Gasteiger partial charge in [0.15, 0.2) is 0 Å². The molecule has 1 aliphatic heterocycles. The molecule has 1 aromatic rings. The SMILES string of the molecule is O=C(O)[C@@H]1CC(O)CN1C(=O)c1ccc(I)c(Cl)c1. The van der Waals surface area contributed by atoms with E-state index < -0.39 is 24.0 Å². The van der Waals surface area contributed by atoms with Crippen LogP contribution in [0.4, 0.5) is 0 Å². The Morgan fingerprint density at radius 3 is 2.68 bits per heavy atom. The zero-order valence-corrected chi connectivity index (χ0v) is 12.6. The van der Waals surface area contributed by atoms with Crippen LogP contribution in [0.25, 0.3) is 0 Å². The van der Waals surface area contributed by atoms with Crippen molar-refractivity contribution in [3.63, 3.8) is 0 Å². The van der Waals surface area contributed by atoms with Crippen LogP contribution in [0.1, 0.15) is 16.8 Å². The molecular formula is C12H11ClINO4. The van der Waals surface area contributed by atoms with E-state index in [1.807, 2.05) is 22.6 Å². The molecule has 1 unspecified atom stereocenters. The molecule has 1 heterocycles. The minimum atomic E-state index is -1.11. The van der Waals surface area contributed by atoms with Gasteiger partial charge in [-0.2, -0.15) is 0 Å². The largest absolute Gasteiger partial charge is 0.480 e. The van der Waals surface area contributed by atoms with Gasteiger partial charge in [-0.15, -0.1) is 0 Å². The lowest BCUT2D eigenvalue weighted by atomic mass is 10.1. The van der Waals surface area contributed by atoms with Crippen molar-refractivity contribution in [3.05, 3.63) is 32.4 Å². The molecule has 2 atom stereocenters. The van der Waals surface area contributed by atoms with Gasteiger partial charge in [0.05, 0.1) is 11.1 Å². The number of likely N-dealkylation sites (tertiary alicyclic amines) is 1. The van der Waals surface area contributed by atoms with E-state index in [2.05, 4.69) is 0 Å². The maximum Gasteiger partial charge on any atom is 0.326 e. The number of aliphatic hydroxyl groups excluding tert-OH is 1. The van der Waals surface area contributed by atoms with Crippen LogP contribution in [-0.2, 0) is 4.79 Å². The van der Waals surface area contributed by atoms with Gasteiger partial charge >= 0.3 is 5.97 Å². The minimum absolute atomic E-state index is 0.0272. The number of aliphatic carboxylic acids is 1. The molecule has 0 saturated carbocycles. The molecule has 0 radical (unpaired) electrons. The third-order valence-electron chi connectivity index (χ3n) is 2.99. The lowest BCUT2D eigenvalue weighted by Crippen LogP contribution is -2.40. The first-order valence-corrected chi connectivity index (χ1v) is 7.02. The number of rotatable bonds is 2. The summed E-state index contributed by atoms with van der Waals surface area (Å²) in [5, 5.41) is 19.0. The number of aliphatic hydroxyl groups is 1. The average molecular weight is 396 g/mol. The molecule has 1 amide bonds. The molecule has 1 saturated heterocycles. The second-order valence-corrected chi connectivity index (χ2v) is 5.90. The topological polar surface area (TPSA) is 77.8 Å². The molecule has 0 spiro atoms. The van der Waals surface area contributed by atoms with Gasteiger partial charge in [-0.3, -0.25) is 4.79 Å². The van der Waals surface area contributed by atoms with Gasteiger partial charge in [0.25, 0.3) is 5.91 Å². The Balaban J connectivity index is 2.27. The molecule has 1 aromatic carbocycles. The van der Waals surface area contributed by atoms with Gasteiger partial charge in [-0.1, -0.05) is 11.6 Å². The van der Waals surface area contributed by atoms with Crippen LogP contribution in [0.3, 0.4) is 0 Å². The number of carboxylic acid groups (broad SMARTS) is 1. The predicted molar refractivity (Wildman–Crippen MR) is 77.3 cm³/mol. The van der Waals surface area contributed by atoms with Crippen molar-refractivity contribution >= 4 is 46.1 Å². The molecule has 1 fully saturated rings. The fraction of sp³-hybridized carbons (Fsp3) is 0.333. The Hall–Kier alpha value is -0.860. The number of carbonyl (C=O) groups excluding carboxylic acids is 1. The Kier molecular flexibility index (Phi) is 4.32. The maximum absolute atomic E-state index is 12.3. The van der Waals surface area contributed by atoms with E-state index in [1.54, 1.807) is 12.1 Å². The summed E-state index contributed by atoms with van der Waals surface area (Å²) in [6.07, 6.45) is -0.747. The third kappa shape index (κ3) is 3.01. The summed E-state index contributed by atoms with van der Waals surface area (Å²) < 4.78 is 0.812. The minimum Gasteiger partial charge on any atom is -0.480 e. The summed E-state index contributed by atoms with van der Waals surface area (Å²) in [5.74, 6) is -1.54. The quantitative estimate of drug-likeness (QED) is 0.746. The predicted octanol–water partition coefficient (Wildman–Crippen LogP) is 1.60. The standard InChI is InChI=1S/C12H11ClINO4/c13-8-3-6(1-2-9(8)14)11(17)15-5-7(16)4-10(15)12(18)19/h1-3,7,10,16H,4-5H2,(H,18,19)/t7?,10-/m0/s1. The number of carboxylic acids is 1. The number of carbonyl (C=O) groups is 2. The van der Waals surface area contributed by atoms with Crippen LogP contribution in [0.5, 0.6) is 0 Å². The zero-order chi connectivity index (χ0) is 14.2. The van der Waals surface area contributed by atoms with E-state index >= 15 is 0 Å². The summed E-state index contributed by atoms with van der Waals surface area (Å²) in [7, 11) is 0. The summed E-state index contributed by atoms with van der Waals surface area (Å²) in [6.45, 7) is 0.0272. The van der Waals surface area contributed by atoms with Gasteiger partial charge in [-0.05, 0) is 40.8 Å². The van der Waals surface area contributed by atoms with Gasteiger partial charge in [0.2, 0.25) is 0 Å². The number of benzene rings is 1. The van der Waals surface area contributed by atoms with Gasteiger partial charge in [-0.25, -0.2) is 4.79 Å². The van der Waals surface area contributed by atoms with E-state index in [9.17, 15) is 14.7 Å². The first-order chi connectivity index (χ1) is 8.90. The Labute approximate surface area is 128 Å². The van der Waals surface area contributed by atoms with E-state index in [0.29, 0.717) is 10.6 Å². The van der Waals surface area contributed by atoms with Crippen molar-refractivity contribution in [2.24, 2.45) is 0 Å². The Morgan fingerprint density at radius 2 is 2.11 bits per heavy atom. The lowest BCUT2D eigenvalue weighted by Gasteiger charge is -2.21. The van der Waals surface area contributed by atoms with Crippen molar-refractivity contribution < 1.29 is 19.8 Å². The number of nitrogens with zero attached hydrogens (tertiary/aromatic N) is 1. The van der Waals surface area contributed by atoms with Crippen LogP contribution < -0.4 is 0 Å². The molecular weight excluding hydrogens is 384 g/mol. The smallest absolute Gasteiger partial charge is 0.326 e. The first-order valence-electron chi connectivity index (χ1n) is 5.57. The fourth-order valence-corrected chi connectivity index (χ4v) is 2.58. The normalized spacial score (nSPS) is 22.6. The third-order valence-corrected chi connectivity index (χ3v) is 4.56. The molecule has 2 rings (SSSR count). The highest BCUT2D eigenvalue weighted by Gasteiger charge is 2.39. The fourth-order valence-electron chi connectivity index (χ4n) is 2.07. The van der Waals surface area contributed by atoms with Crippen LogP contribution >= 0.6 is 34.2 Å². The number of β-amino-alcohol motifs (C(OH)–C–C–N with tert-alkyl or cyclic N) is 1. The van der Waals surface area contributed by atoms with Crippen molar-refractivity contribution in [2.45, 2.75) is 18.6 Å². The summed E-state index contributed by atoms with van der Waals surface area (Å²) in [6, 6.07) is 3.81. The Morgan fingerprint density at radius 1 is 1.42 bits per heavy atom. The van der Waals surface area contributed by atoms with E-state index in [4.69, 9.17) is 16.7 Å². The highest BCUT2D eigenvalue weighted by Crippen LogP contribution is 2.24. The zero-order valence-electron chi connectivity index (χ0n) is 9.72. The van der Waals surface area contributed by atoms with Gasteiger partial charge < -0.3 is 15.1 Å². The lowest BCUT2D eigenvalue weighted by molar-refractivity contribution is -0.141. The van der Waals surface area contributed by atoms with Crippen LogP contribution in [0.15, 0.2) is 18.2 Å². The number of hydrogen-bond donors (Lipinski definition) is 2.